The number of halogens is 1. The highest BCUT2D eigenvalue weighted by atomic mass is 35.5. The Balaban J connectivity index is 2.16. The molecule has 0 bridgehead atoms. The lowest BCUT2D eigenvalue weighted by atomic mass is 10.2. The third-order valence-electron chi connectivity index (χ3n) is 3.89. The molecule has 0 unspecified atom stereocenters. The van der Waals surface area contributed by atoms with Crippen LogP contribution >= 0.6 is 11.6 Å². The summed E-state index contributed by atoms with van der Waals surface area (Å²) in [6.07, 6.45) is 2.31. The number of nitrogens with one attached hydrogen (secondary N) is 1. The van der Waals surface area contributed by atoms with Crippen molar-refractivity contribution >= 4 is 33.5 Å². The average molecular weight is 403 g/mol. The van der Waals surface area contributed by atoms with E-state index in [0.29, 0.717) is 13.1 Å². The van der Waals surface area contributed by atoms with E-state index >= 15 is 0 Å². The molecule has 0 aliphatic carbocycles. The highest BCUT2D eigenvalue weighted by molar-refractivity contribution is 7.89. The Kier molecular flexibility index (Phi) is 7.02. The van der Waals surface area contributed by atoms with Gasteiger partial charge in [-0.25, -0.2) is 8.42 Å². The molecule has 2 rings (SSSR count). The molecule has 1 aliphatic heterocycles. The van der Waals surface area contributed by atoms with Crippen LogP contribution in [0.3, 0.4) is 0 Å². The van der Waals surface area contributed by atoms with Crippen LogP contribution in [0.15, 0.2) is 23.1 Å². The molecule has 1 aromatic rings. The third kappa shape index (κ3) is 5.18. The third-order valence-corrected chi connectivity index (χ3v) is 6.27. The van der Waals surface area contributed by atoms with Crippen molar-refractivity contribution in [1.82, 2.24) is 9.62 Å². The second kappa shape index (κ2) is 8.83. The highest BCUT2D eigenvalue weighted by Gasteiger charge is 2.28. The summed E-state index contributed by atoms with van der Waals surface area (Å²) in [5.41, 5.74) is 0.113. The molecule has 7 nitrogen and oxygen atoms in total. The molecular formula is C17H23ClN2O5S. The number of amides is 1. The number of ether oxygens (including phenoxy) is 1. The number of rotatable bonds is 6. The number of nitrogens with zero attached hydrogens (tertiary/aromatic N) is 1. The van der Waals surface area contributed by atoms with Crippen LogP contribution in [0.5, 0.6) is 0 Å². The van der Waals surface area contributed by atoms with Crippen molar-refractivity contribution in [2.45, 2.75) is 44.1 Å². The van der Waals surface area contributed by atoms with E-state index in [9.17, 15) is 18.0 Å². The van der Waals surface area contributed by atoms with Gasteiger partial charge in [-0.1, -0.05) is 18.0 Å². The Morgan fingerprint density at radius 1 is 1.23 bits per heavy atom. The van der Waals surface area contributed by atoms with Gasteiger partial charge < -0.3 is 10.1 Å². The first kappa shape index (κ1) is 20.7. The second-order valence-electron chi connectivity index (χ2n) is 6.33. The molecule has 9 heteroatoms. The molecule has 0 aromatic heterocycles. The first-order valence-corrected chi connectivity index (χ1v) is 10.3. The summed E-state index contributed by atoms with van der Waals surface area (Å²) in [7, 11) is -3.77. The minimum absolute atomic E-state index is 0.0614. The van der Waals surface area contributed by atoms with Crippen LogP contribution in [-0.4, -0.2) is 50.3 Å². The fourth-order valence-corrected chi connectivity index (χ4v) is 4.66. The van der Waals surface area contributed by atoms with Crippen molar-refractivity contribution in [3.05, 3.63) is 28.8 Å². The maximum atomic E-state index is 12.8. The van der Waals surface area contributed by atoms with Crippen molar-refractivity contribution < 1.29 is 22.7 Å². The number of hydrogen-bond acceptors (Lipinski definition) is 5. The number of hydrogen-bond donors (Lipinski definition) is 1. The fourth-order valence-electron chi connectivity index (χ4n) is 2.65. The molecule has 0 spiro atoms. The van der Waals surface area contributed by atoms with Crippen LogP contribution in [0.25, 0.3) is 0 Å². The maximum absolute atomic E-state index is 12.8. The van der Waals surface area contributed by atoms with E-state index in [0.717, 1.165) is 19.3 Å². The molecule has 1 aliphatic rings. The topological polar surface area (TPSA) is 92.8 Å². The summed E-state index contributed by atoms with van der Waals surface area (Å²) in [6, 6.07) is 4.04. The summed E-state index contributed by atoms with van der Waals surface area (Å²) in [4.78, 5) is 23.6. The lowest BCUT2D eigenvalue weighted by Crippen LogP contribution is -2.36. The summed E-state index contributed by atoms with van der Waals surface area (Å²) >= 11 is 6.08. The summed E-state index contributed by atoms with van der Waals surface area (Å²) in [6.45, 7) is 3.99. The first-order valence-electron chi connectivity index (χ1n) is 8.49. The summed E-state index contributed by atoms with van der Waals surface area (Å²) < 4.78 is 31.9. The molecule has 144 valence electrons. The molecule has 0 radical (unpaired) electrons. The van der Waals surface area contributed by atoms with Crippen LogP contribution in [0.1, 0.15) is 43.5 Å². The lowest BCUT2D eigenvalue weighted by molar-refractivity contribution is -0.146. The maximum Gasteiger partial charge on any atom is 0.325 e. The second-order valence-corrected chi connectivity index (χ2v) is 8.64. The lowest BCUT2D eigenvalue weighted by Gasteiger charge is -2.26. The van der Waals surface area contributed by atoms with Crippen LogP contribution in [0, 0.1) is 0 Å². The van der Waals surface area contributed by atoms with Gasteiger partial charge in [0.25, 0.3) is 5.91 Å². The Labute approximate surface area is 158 Å². The van der Waals surface area contributed by atoms with Crippen LogP contribution in [0.2, 0.25) is 5.02 Å². The highest BCUT2D eigenvalue weighted by Crippen LogP contribution is 2.27. The monoisotopic (exact) mass is 402 g/mol. The predicted molar refractivity (Wildman–Crippen MR) is 97.6 cm³/mol. The van der Waals surface area contributed by atoms with E-state index < -0.39 is 21.9 Å². The van der Waals surface area contributed by atoms with Crippen molar-refractivity contribution in [2.75, 3.05) is 19.6 Å². The number of esters is 1. The Bertz CT molecular complexity index is 773. The molecule has 0 atom stereocenters. The van der Waals surface area contributed by atoms with E-state index in [4.69, 9.17) is 16.3 Å². The zero-order chi connectivity index (χ0) is 19.3. The molecule has 26 heavy (non-hydrogen) atoms. The quantitative estimate of drug-likeness (QED) is 0.736. The van der Waals surface area contributed by atoms with Gasteiger partial charge in [-0.05, 0) is 44.9 Å². The molecule has 1 amide bonds. The van der Waals surface area contributed by atoms with Crippen molar-refractivity contribution in [1.29, 1.82) is 0 Å². The average Bonchev–Trinajstić information content (AvgIpc) is 2.60. The molecule has 1 fully saturated rings. The largest absolute Gasteiger partial charge is 0.462 e. The molecule has 1 saturated heterocycles. The van der Waals surface area contributed by atoms with Gasteiger partial charge in [0.05, 0.1) is 11.1 Å². The minimum atomic E-state index is -3.77. The van der Waals surface area contributed by atoms with Gasteiger partial charge in [0.2, 0.25) is 10.0 Å². The summed E-state index contributed by atoms with van der Waals surface area (Å²) in [5.74, 6) is -1.14. The SMILES string of the molecule is CC(C)OC(=O)CNC(=O)c1ccc(Cl)c(S(=O)(=O)N2CCCCC2)c1. The van der Waals surface area contributed by atoms with Crippen LogP contribution in [0.4, 0.5) is 0 Å². The number of carbonyl (C=O) groups is 2. The van der Waals surface area contributed by atoms with Crippen LogP contribution in [-0.2, 0) is 19.6 Å². The van der Waals surface area contributed by atoms with Gasteiger partial charge >= 0.3 is 5.97 Å². The van der Waals surface area contributed by atoms with Gasteiger partial charge in [-0.3, -0.25) is 9.59 Å². The van der Waals surface area contributed by atoms with E-state index in [1.54, 1.807) is 13.8 Å². The van der Waals surface area contributed by atoms with E-state index in [2.05, 4.69) is 5.32 Å². The van der Waals surface area contributed by atoms with E-state index in [1.807, 2.05) is 0 Å². The normalized spacial score (nSPS) is 15.7. The Morgan fingerprint density at radius 2 is 1.88 bits per heavy atom. The molecule has 1 aromatic carbocycles. The zero-order valence-corrected chi connectivity index (χ0v) is 16.4. The summed E-state index contributed by atoms with van der Waals surface area (Å²) in [5, 5.41) is 2.48. The fraction of sp³-hybridized carbons (Fsp3) is 0.529. The smallest absolute Gasteiger partial charge is 0.325 e. The van der Waals surface area contributed by atoms with Crippen molar-refractivity contribution in [3.8, 4) is 0 Å². The standard InChI is InChI=1S/C17H23ClN2O5S/c1-12(2)25-16(21)11-19-17(22)13-6-7-14(18)15(10-13)26(23,24)20-8-4-3-5-9-20/h6-7,10,12H,3-5,8-9,11H2,1-2H3,(H,19,22). The minimum Gasteiger partial charge on any atom is -0.462 e. The van der Waals surface area contributed by atoms with Crippen LogP contribution < -0.4 is 5.32 Å². The Hall–Kier alpha value is -1.64. The Morgan fingerprint density at radius 3 is 2.50 bits per heavy atom. The zero-order valence-electron chi connectivity index (χ0n) is 14.8. The van der Waals surface area contributed by atoms with Crippen molar-refractivity contribution in [2.24, 2.45) is 0 Å². The number of piperidine rings is 1. The van der Waals surface area contributed by atoms with Gasteiger partial charge in [-0.2, -0.15) is 4.31 Å². The van der Waals surface area contributed by atoms with Gasteiger partial charge in [-0.15, -0.1) is 0 Å². The van der Waals surface area contributed by atoms with E-state index in [1.165, 1.54) is 22.5 Å². The predicted octanol–water partition coefficient (Wildman–Crippen LogP) is 2.20. The first-order chi connectivity index (χ1) is 12.2. The van der Waals surface area contributed by atoms with Crippen molar-refractivity contribution in [3.63, 3.8) is 0 Å². The molecule has 1 N–H and O–H groups in total. The molecular weight excluding hydrogens is 380 g/mol. The van der Waals surface area contributed by atoms with Gasteiger partial charge in [0, 0.05) is 18.7 Å². The van der Waals surface area contributed by atoms with E-state index in [-0.39, 0.29) is 28.1 Å². The van der Waals surface area contributed by atoms with Gasteiger partial charge in [0.15, 0.2) is 0 Å². The molecule has 1 heterocycles. The number of carbonyl (C=O) groups excluding carboxylic acids is 2. The number of sulfonamides is 1. The molecule has 0 saturated carbocycles. The van der Waals surface area contributed by atoms with Gasteiger partial charge in [0.1, 0.15) is 11.4 Å². The number of benzene rings is 1.